The van der Waals surface area contributed by atoms with Gasteiger partial charge in [0.2, 0.25) is 0 Å². The molecule has 1 heterocycles. The molecule has 0 spiro atoms. The van der Waals surface area contributed by atoms with Gasteiger partial charge in [-0.1, -0.05) is 13.3 Å². The summed E-state index contributed by atoms with van der Waals surface area (Å²) >= 11 is 0. The summed E-state index contributed by atoms with van der Waals surface area (Å²) in [6.45, 7) is 6.40. The molecule has 0 amide bonds. The van der Waals surface area contributed by atoms with Crippen LogP contribution in [0.3, 0.4) is 0 Å². The van der Waals surface area contributed by atoms with Gasteiger partial charge in [-0.25, -0.2) is 0 Å². The summed E-state index contributed by atoms with van der Waals surface area (Å²) in [4.78, 5) is 12.7. The van der Waals surface area contributed by atoms with E-state index < -0.39 is 0 Å². The number of unbranched alkanes of at least 4 members (excludes halogenated alkanes) is 1. The van der Waals surface area contributed by atoms with Gasteiger partial charge in [0.25, 0.3) is 0 Å². The molecule has 75 valence electrons. The first-order chi connectivity index (χ1) is 6.38. The molecule has 1 N–H and O–H groups in total. The van der Waals surface area contributed by atoms with E-state index in [1.807, 2.05) is 6.29 Å². The molecule has 13 heavy (non-hydrogen) atoms. The maximum Gasteiger partial charge on any atom is 0.200 e. The van der Waals surface area contributed by atoms with Crippen LogP contribution in [0.5, 0.6) is 0 Å². The van der Waals surface area contributed by atoms with Gasteiger partial charge in [0.05, 0.1) is 0 Å². The van der Waals surface area contributed by atoms with E-state index in [0.717, 1.165) is 26.2 Å². The van der Waals surface area contributed by atoms with Gasteiger partial charge >= 0.3 is 0 Å². The normalized spacial score (nSPS) is 24.5. The van der Waals surface area contributed by atoms with Crippen LogP contribution in [-0.2, 0) is 4.79 Å². The molecule has 1 aliphatic heterocycles. The third-order valence-electron chi connectivity index (χ3n) is 2.59. The minimum Gasteiger partial charge on any atom is -0.314 e. The van der Waals surface area contributed by atoms with Crippen molar-refractivity contribution in [2.45, 2.75) is 32.2 Å². The predicted octanol–water partition coefficient (Wildman–Crippen LogP) is 0.560. The number of piperazine rings is 1. The van der Waals surface area contributed by atoms with Gasteiger partial charge in [-0.2, -0.15) is 0 Å². The molecule has 0 aromatic heterocycles. The van der Waals surface area contributed by atoms with Crippen molar-refractivity contribution >= 4 is 6.29 Å². The van der Waals surface area contributed by atoms with Crippen molar-refractivity contribution in [3.8, 4) is 0 Å². The second kappa shape index (κ2) is 6.11. The maximum absolute atomic E-state index is 10.3. The number of nitrogens with zero attached hydrogens (tertiary/aromatic N) is 1. The Balaban J connectivity index is 2.32. The summed E-state index contributed by atoms with van der Waals surface area (Å²) in [5.41, 5.74) is 0. The molecule has 0 aromatic rings. The van der Waals surface area contributed by atoms with Crippen LogP contribution in [0.25, 0.3) is 0 Å². The van der Waals surface area contributed by atoms with Crippen molar-refractivity contribution < 1.29 is 4.79 Å². The molecule has 0 aliphatic carbocycles. The minimum absolute atomic E-state index is 0.387. The van der Waals surface area contributed by atoms with Crippen molar-refractivity contribution in [2.75, 3.05) is 26.2 Å². The lowest BCUT2D eigenvalue weighted by molar-refractivity contribution is 0.162. The highest BCUT2D eigenvalue weighted by atomic mass is 16.1. The Bertz CT molecular complexity index is 150. The molecule has 1 fully saturated rings. The molecular formula is C10H19N2O. The van der Waals surface area contributed by atoms with Crippen molar-refractivity contribution in [2.24, 2.45) is 0 Å². The standard InChI is InChI=1S/C10H19N2O/c1-2-3-6-12-7-5-11-9-10(12)4-8-13/h10-11H,2-7,9H2,1H3. The molecule has 0 aromatic carbocycles. The molecule has 1 rings (SSSR count). The molecular weight excluding hydrogens is 164 g/mol. The van der Waals surface area contributed by atoms with Crippen LogP contribution < -0.4 is 5.32 Å². The summed E-state index contributed by atoms with van der Waals surface area (Å²) < 4.78 is 0. The van der Waals surface area contributed by atoms with E-state index in [2.05, 4.69) is 17.1 Å². The highest BCUT2D eigenvalue weighted by Gasteiger charge is 2.20. The Morgan fingerprint density at radius 2 is 2.46 bits per heavy atom. The zero-order valence-electron chi connectivity index (χ0n) is 8.38. The lowest BCUT2D eigenvalue weighted by Crippen LogP contribution is -2.51. The van der Waals surface area contributed by atoms with Crippen molar-refractivity contribution in [3.63, 3.8) is 0 Å². The molecule has 1 saturated heterocycles. The van der Waals surface area contributed by atoms with Crippen LogP contribution in [0, 0.1) is 0 Å². The van der Waals surface area contributed by atoms with Gasteiger partial charge in [-0.05, 0) is 13.0 Å². The fourth-order valence-electron chi connectivity index (χ4n) is 1.76. The van der Waals surface area contributed by atoms with E-state index in [0.29, 0.717) is 12.5 Å². The first-order valence-electron chi connectivity index (χ1n) is 5.18. The predicted molar refractivity (Wildman–Crippen MR) is 53.4 cm³/mol. The Kier molecular flexibility index (Phi) is 5.01. The molecule has 0 saturated carbocycles. The molecule has 0 bridgehead atoms. The summed E-state index contributed by atoms with van der Waals surface area (Å²) in [5.74, 6) is 0. The smallest absolute Gasteiger partial charge is 0.200 e. The molecule has 1 aliphatic rings. The summed E-state index contributed by atoms with van der Waals surface area (Å²) in [5, 5.41) is 3.31. The zero-order valence-corrected chi connectivity index (χ0v) is 8.38. The third kappa shape index (κ3) is 3.44. The van der Waals surface area contributed by atoms with Crippen LogP contribution in [0.2, 0.25) is 0 Å². The second-order valence-electron chi connectivity index (χ2n) is 3.60. The lowest BCUT2D eigenvalue weighted by atomic mass is 10.1. The Morgan fingerprint density at radius 3 is 3.15 bits per heavy atom. The van der Waals surface area contributed by atoms with Crippen LogP contribution in [0.1, 0.15) is 26.2 Å². The highest BCUT2D eigenvalue weighted by Crippen LogP contribution is 2.07. The van der Waals surface area contributed by atoms with Crippen LogP contribution >= 0.6 is 0 Å². The fourth-order valence-corrected chi connectivity index (χ4v) is 1.76. The summed E-state index contributed by atoms with van der Waals surface area (Å²) in [6.07, 6.45) is 5.02. The topological polar surface area (TPSA) is 32.3 Å². The van der Waals surface area contributed by atoms with Gasteiger partial charge in [-0.15, -0.1) is 0 Å². The Labute approximate surface area is 80.5 Å². The van der Waals surface area contributed by atoms with Gasteiger partial charge in [0.15, 0.2) is 6.29 Å². The Morgan fingerprint density at radius 1 is 1.62 bits per heavy atom. The van der Waals surface area contributed by atoms with Gasteiger partial charge in [-0.3, -0.25) is 9.69 Å². The van der Waals surface area contributed by atoms with E-state index in [4.69, 9.17) is 0 Å². The molecule has 3 nitrogen and oxygen atoms in total. The number of carbonyl (C=O) groups excluding carboxylic acids is 1. The molecule has 3 heteroatoms. The van der Waals surface area contributed by atoms with Gasteiger partial charge < -0.3 is 5.32 Å². The monoisotopic (exact) mass is 183 g/mol. The maximum atomic E-state index is 10.3. The lowest BCUT2D eigenvalue weighted by Gasteiger charge is -2.35. The van der Waals surface area contributed by atoms with Crippen molar-refractivity contribution in [1.29, 1.82) is 0 Å². The average Bonchev–Trinajstić information content (AvgIpc) is 2.17. The first kappa shape index (κ1) is 10.7. The average molecular weight is 183 g/mol. The van der Waals surface area contributed by atoms with E-state index in [1.165, 1.54) is 12.8 Å². The van der Waals surface area contributed by atoms with E-state index in [1.54, 1.807) is 0 Å². The van der Waals surface area contributed by atoms with Crippen LogP contribution in [0.15, 0.2) is 0 Å². The number of hydrogen-bond acceptors (Lipinski definition) is 3. The quantitative estimate of drug-likeness (QED) is 0.676. The van der Waals surface area contributed by atoms with E-state index in [9.17, 15) is 4.79 Å². The molecule has 1 radical (unpaired) electrons. The minimum atomic E-state index is 0.387. The number of nitrogens with one attached hydrogen (secondary N) is 1. The van der Waals surface area contributed by atoms with Gasteiger partial charge in [0, 0.05) is 32.1 Å². The third-order valence-corrected chi connectivity index (χ3v) is 2.59. The van der Waals surface area contributed by atoms with Crippen molar-refractivity contribution in [3.05, 3.63) is 0 Å². The molecule has 1 unspecified atom stereocenters. The summed E-state index contributed by atoms with van der Waals surface area (Å²) in [7, 11) is 0. The SMILES string of the molecule is CCCCN1CCNCC1C[C]=O. The summed E-state index contributed by atoms with van der Waals surface area (Å²) in [6, 6.07) is 0.387. The fraction of sp³-hybridized carbons (Fsp3) is 0.900. The number of rotatable bonds is 5. The molecule has 1 atom stereocenters. The number of hydrogen-bond donors (Lipinski definition) is 1. The van der Waals surface area contributed by atoms with E-state index >= 15 is 0 Å². The largest absolute Gasteiger partial charge is 0.314 e. The van der Waals surface area contributed by atoms with Crippen LogP contribution in [-0.4, -0.2) is 43.4 Å². The van der Waals surface area contributed by atoms with Crippen LogP contribution in [0.4, 0.5) is 0 Å². The second-order valence-corrected chi connectivity index (χ2v) is 3.60. The van der Waals surface area contributed by atoms with E-state index in [-0.39, 0.29) is 0 Å². The first-order valence-corrected chi connectivity index (χ1v) is 5.18. The Hall–Kier alpha value is -0.410. The zero-order chi connectivity index (χ0) is 9.52. The van der Waals surface area contributed by atoms with Crippen molar-refractivity contribution in [1.82, 2.24) is 10.2 Å². The highest BCUT2D eigenvalue weighted by molar-refractivity contribution is 5.51. The van der Waals surface area contributed by atoms with Gasteiger partial charge in [0.1, 0.15) is 0 Å².